The van der Waals surface area contributed by atoms with Crippen molar-refractivity contribution in [2.45, 2.75) is 18.0 Å². The van der Waals surface area contributed by atoms with Gasteiger partial charge in [-0.25, -0.2) is 9.78 Å². The van der Waals surface area contributed by atoms with E-state index >= 15 is 0 Å². The minimum atomic E-state index is -0.881. The lowest BCUT2D eigenvalue weighted by molar-refractivity contribution is -0.138. The second kappa shape index (κ2) is 4.97. The molecule has 0 aliphatic rings. The number of hydrogen-bond acceptors (Lipinski definition) is 5. The smallest absolute Gasteiger partial charge is 0.326 e. The molecule has 0 saturated heterocycles. The third kappa shape index (κ3) is 2.82. The number of aliphatic carboxylic acids is 1. The van der Waals surface area contributed by atoms with Gasteiger partial charge in [-0.15, -0.1) is 11.8 Å². The van der Waals surface area contributed by atoms with Gasteiger partial charge >= 0.3 is 5.97 Å². The van der Waals surface area contributed by atoms with Gasteiger partial charge in [0.1, 0.15) is 16.9 Å². The molecule has 1 N–H and O–H groups in total. The molecule has 0 amide bonds. The van der Waals surface area contributed by atoms with Crippen LogP contribution >= 0.6 is 11.8 Å². The molecule has 0 bridgehead atoms. The molecule has 15 heavy (non-hydrogen) atoms. The van der Waals surface area contributed by atoms with Gasteiger partial charge in [-0.3, -0.25) is 4.98 Å². The zero-order chi connectivity index (χ0) is 11.4. The first-order chi connectivity index (χ1) is 7.06. The molecule has 6 heteroatoms. The standard InChI is InChI=1S/C9H13N3O2S/c1-6(9(13)14)12(2)7-4-10-5-8(11-7)15-3/h4-6H,1-3H3,(H,13,14). The van der Waals surface area contributed by atoms with Gasteiger partial charge < -0.3 is 10.0 Å². The summed E-state index contributed by atoms with van der Waals surface area (Å²) in [7, 11) is 1.69. The van der Waals surface area contributed by atoms with E-state index in [1.165, 1.54) is 11.8 Å². The van der Waals surface area contributed by atoms with Gasteiger partial charge in [0.2, 0.25) is 0 Å². The van der Waals surface area contributed by atoms with E-state index in [1.54, 1.807) is 31.3 Å². The maximum atomic E-state index is 10.8. The molecule has 0 spiro atoms. The van der Waals surface area contributed by atoms with E-state index in [-0.39, 0.29) is 0 Å². The Balaban J connectivity index is 2.90. The van der Waals surface area contributed by atoms with Gasteiger partial charge in [0.15, 0.2) is 0 Å². The average Bonchev–Trinajstić information content (AvgIpc) is 2.27. The number of likely N-dealkylation sites (N-methyl/N-ethyl adjacent to an activating group) is 1. The van der Waals surface area contributed by atoms with E-state index < -0.39 is 12.0 Å². The van der Waals surface area contributed by atoms with Crippen LogP contribution in [0, 0.1) is 0 Å². The highest BCUT2D eigenvalue weighted by Gasteiger charge is 2.18. The Hall–Kier alpha value is -1.30. The lowest BCUT2D eigenvalue weighted by atomic mass is 10.3. The zero-order valence-electron chi connectivity index (χ0n) is 8.84. The fraction of sp³-hybridized carbons (Fsp3) is 0.444. The first-order valence-electron chi connectivity index (χ1n) is 4.38. The third-order valence-electron chi connectivity index (χ3n) is 2.11. The van der Waals surface area contributed by atoms with Crippen molar-refractivity contribution in [3.63, 3.8) is 0 Å². The van der Waals surface area contributed by atoms with Crippen LogP contribution in [0.1, 0.15) is 6.92 Å². The van der Waals surface area contributed by atoms with Gasteiger partial charge in [0.25, 0.3) is 0 Å². The summed E-state index contributed by atoms with van der Waals surface area (Å²) >= 11 is 1.47. The highest BCUT2D eigenvalue weighted by molar-refractivity contribution is 7.98. The third-order valence-corrected chi connectivity index (χ3v) is 2.72. The molecule has 1 unspecified atom stereocenters. The van der Waals surface area contributed by atoms with Crippen LogP contribution in [0.3, 0.4) is 0 Å². The van der Waals surface area contributed by atoms with Crippen molar-refractivity contribution in [1.82, 2.24) is 9.97 Å². The van der Waals surface area contributed by atoms with Crippen LogP contribution in [0.5, 0.6) is 0 Å². The van der Waals surface area contributed by atoms with Gasteiger partial charge in [0.05, 0.1) is 12.4 Å². The van der Waals surface area contributed by atoms with Crippen LogP contribution in [-0.2, 0) is 4.79 Å². The number of carboxylic acids is 1. The quantitative estimate of drug-likeness (QED) is 0.777. The van der Waals surface area contributed by atoms with Gasteiger partial charge in [-0.2, -0.15) is 0 Å². The number of anilines is 1. The summed E-state index contributed by atoms with van der Waals surface area (Å²) in [6.07, 6.45) is 5.10. The average molecular weight is 227 g/mol. The Bertz CT molecular complexity index is 359. The lowest BCUT2D eigenvalue weighted by Gasteiger charge is -2.22. The van der Waals surface area contributed by atoms with E-state index in [4.69, 9.17) is 5.11 Å². The number of carboxylic acid groups (broad SMARTS) is 1. The molecule has 1 rings (SSSR count). The SMILES string of the molecule is CSc1cncc(N(C)C(C)C(=O)O)n1. The summed E-state index contributed by atoms with van der Waals surface area (Å²) in [4.78, 5) is 20.6. The van der Waals surface area contributed by atoms with E-state index in [0.29, 0.717) is 5.82 Å². The zero-order valence-corrected chi connectivity index (χ0v) is 9.65. The summed E-state index contributed by atoms with van der Waals surface area (Å²) in [6.45, 7) is 1.61. The van der Waals surface area contributed by atoms with E-state index in [0.717, 1.165) is 5.03 Å². The Labute approximate surface area is 92.5 Å². The van der Waals surface area contributed by atoms with Crippen LogP contribution in [-0.4, -0.2) is 40.4 Å². The largest absolute Gasteiger partial charge is 0.480 e. The second-order valence-corrected chi connectivity index (χ2v) is 3.87. The summed E-state index contributed by atoms with van der Waals surface area (Å²) < 4.78 is 0. The molecule has 0 aromatic carbocycles. The summed E-state index contributed by atoms with van der Waals surface area (Å²) in [5, 5.41) is 9.62. The van der Waals surface area contributed by atoms with Crippen molar-refractivity contribution in [2.75, 3.05) is 18.2 Å². The maximum absolute atomic E-state index is 10.8. The predicted molar refractivity (Wildman–Crippen MR) is 59.3 cm³/mol. The highest BCUT2D eigenvalue weighted by Crippen LogP contribution is 2.16. The Morgan fingerprint density at radius 2 is 2.27 bits per heavy atom. The van der Waals surface area contributed by atoms with Gasteiger partial charge in [0, 0.05) is 7.05 Å². The number of nitrogens with zero attached hydrogens (tertiary/aromatic N) is 3. The fourth-order valence-electron chi connectivity index (χ4n) is 0.971. The molecule has 0 saturated carbocycles. The molecule has 1 heterocycles. The normalized spacial score (nSPS) is 12.2. The molecular weight excluding hydrogens is 214 g/mol. The molecule has 5 nitrogen and oxygen atoms in total. The first-order valence-corrected chi connectivity index (χ1v) is 5.60. The topological polar surface area (TPSA) is 66.3 Å². The monoisotopic (exact) mass is 227 g/mol. The Kier molecular flexibility index (Phi) is 3.90. The van der Waals surface area contributed by atoms with Crippen LogP contribution in [0.25, 0.3) is 0 Å². The van der Waals surface area contributed by atoms with Crippen molar-refractivity contribution in [3.05, 3.63) is 12.4 Å². The number of carbonyl (C=O) groups is 1. The summed E-state index contributed by atoms with van der Waals surface area (Å²) in [5.41, 5.74) is 0. The van der Waals surface area contributed by atoms with Crippen molar-refractivity contribution in [3.8, 4) is 0 Å². The molecule has 0 aliphatic carbocycles. The minimum Gasteiger partial charge on any atom is -0.480 e. The minimum absolute atomic E-state index is 0.566. The van der Waals surface area contributed by atoms with Crippen LogP contribution in [0.15, 0.2) is 17.4 Å². The summed E-state index contributed by atoms with van der Waals surface area (Å²) in [5.74, 6) is -0.314. The predicted octanol–water partition coefficient (Wildman–Crippen LogP) is 1.11. The van der Waals surface area contributed by atoms with Gasteiger partial charge in [-0.05, 0) is 13.2 Å². The molecule has 1 aromatic heterocycles. The fourth-order valence-corrected chi connectivity index (χ4v) is 1.32. The molecule has 82 valence electrons. The maximum Gasteiger partial charge on any atom is 0.326 e. The molecule has 1 aromatic rings. The van der Waals surface area contributed by atoms with E-state index in [2.05, 4.69) is 9.97 Å². The number of hydrogen-bond donors (Lipinski definition) is 1. The van der Waals surface area contributed by atoms with E-state index in [1.807, 2.05) is 6.26 Å². The van der Waals surface area contributed by atoms with Crippen molar-refractivity contribution in [2.24, 2.45) is 0 Å². The molecule has 0 aliphatic heterocycles. The Morgan fingerprint density at radius 3 is 2.80 bits per heavy atom. The lowest BCUT2D eigenvalue weighted by Crippen LogP contribution is -2.36. The van der Waals surface area contributed by atoms with E-state index in [9.17, 15) is 4.79 Å². The first kappa shape index (κ1) is 11.8. The Morgan fingerprint density at radius 1 is 1.60 bits per heavy atom. The number of thioether (sulfide) groups is 1. The second-order valence-electron chi connectivity index (χ2n) is 3.04. The highest BCUT2D eigenvalue weighted by atomic mass is 32.2. The molecule has 0 fully saturated rings. The van der Waals surface area contributed by atoms with Crippen molar-refractivity contribution >= 4 is 23.5 Å². The molecular formula is C9H13N3O2S. The van der Waals surface area contributed by atoms with Crippen LogP contribution in [0.2, 0.25) is 0 Å². The molecule has 1 atom stereocenters. The van der Waals surface area contributed by atoms with Crippen LogP contribution < -0.4 is 4.90 Å². The number of aromatic nitrogens is 2. The number of rotatable bonds is 4. The van der Waals surface area contributed by atoms with Crippen LogP contribution in [0.4, 0.5) is 5.82 Å². The summed E-state index contributed by atoms with van der Waals surface area (Å²) in [6, 6.07) is -0.614. The molecule has 0 radical (unpaired) electrons. The van der Waals surface area contributed by atoms with Crippen molar-refractivity contribution in [1.29, 1.82) is 0 Å². The van der Waals surface area contributed by atoms with Gasteiger partial charge in [-0.1, -0.05) is 0 Å². The van der Waals surface area contributed by atoms with Crippen molar-refractivity contribution < 1.29 is 9.90 Å².